The molecule has 0 saturated heterocycles. The predicted octanol–water partition coefficient (Wildman–Crippen LogP) is 4.65. The van der Waals surface area contributed by atoms with E-state index in [1.165, 1.54) is 12.1 Å². The first-order valence-electron chi connectivity index (χ1n) is 11.0. The van der Waals surface area contributed by atoms with Crippen molar-refractivity contribution in [1.29, 1.82) is 5.26 Å². The largest absolute Gasteiger partial charge is 0.573 e. The lowest BCUT2D eigenvalue weighted by atomic mass is 9.74. The standard InChI is InChI=1S/C26H21BF3NO5/c1-25(15-31,13-21(32)17-7-10-20(11-8-17)36-26(28,29)30)16-34-22-12-9-19-14-35-27(33)24(19)23(22)18-5-3-2-4-6-18/h2-12,33H,13-14,16H2,1H3/t25-/m0/s1. The summed E-state index contributed by atoms with van der Waals surface area (Å²) < 4.78 is 52.3. The summed E-state index contributed by atoms with van der Waals surface area (Å²) in [6.07, 6.45) is -5.05. The van der Waals surface area contributed by atoms with Gasteiger partial charge in [-0.05, 0) is 53.8 Å². The molecule has 0 unspecified atom stereocenters. The molecular weight excluding hydrogens is 474 g/mol. The third-order valence-electron chi connectivity index (χ3n) is 5.78. The molecule has 0 aliphatic carbocycles. The molecular formula is C26H21BF3NO5. The van der Waals surface area contributed by atoms with E-state index in [9.17, 15) is 28.3 Å². The molecule has 0 saturated carbocycles. The van der Waals surface area contributed by atoms with Gasteiger partial charge in [0.25, 0.3) is 0 Å². The van der Waals surface area contributed by atoms with Gasteiger partial charge < -0.3 is 19.2 Å². The quantitative estimate of drug-likeness (QED) is 0.362. The van der Waals surface area contributed by atoms with Crippen LogP contribution in [0.1, 0.15) is 29.3 Å². The molecule has 1 aliphatic rings. The molecule has 0 amide bonds. The molecule has 10 heteroatoms. The Kier molecular flexibility index (Phi) is 7.06. The second kappa shape index (κ2) is 10.1. The summed E-state index contributed by atoms with van der Waals surface area (Å²) in [6.45, 7) is 1.69. The third-order valence-corrected chi connectivity index (χ3v) is 5.78. The number of carbonyl (C=O) groups is 1. The minimum atomic E-state index is -4.83. The first kappa shape index (κ1) is 25.3. The van der Waals surface area contributed by atoms with Crippen LogP contribution in [0.3, 0.4) is 0 Å². The zero-order valence-electron chi connectivity index (χ0n) is 19.2. The molecule has 0 radical (unpaired) electrons. The number of hydrogen-bond donors (Lipinski definition) is 1. The minimum absolute atomic E-state index is 0.139. The summed E-state index contributed by atoms with van der Waals surface area (Å²) >= 11 is 0. The Labute approximate surface area is 206 Å². The second-order valence-corrected chi connectivity index (χ2v) is 8.67. The van der Waals surface area contributed by atoms with Crippen LogP contribution >= 0.6 is 0 Å². The van der Waals surface area contributed by atoms with E-state index >= 15 is 0 Å². The van der Waals surface area contributed by atoms with Gasteiger partial charge in [-0.2, -0.15) is 5.26 Å². The van der Waals surface area contributed by atoms with Gasteiger partial charge in [0.15, 0.2) is 5.78 Å². The van der Waals surface area contributed by atoms with Crippen LogP contribution in [0, 0.1) is 16.7 Å². The zero-order chi connectivity index (χ0) is 25.9. The van der Waals surface area contributed by atoms with Crippen LogP contribution in [0.25, 0.3) is 11.1 Å². The molecule has 1 N–H and O–H groups in total. The summed E-state index contributed by atoms with van der Waals surface area (Å²) in [6, 6.07) is 19.5. The maximum absolute atomic E-state index is 12.8. The number of ketones is 1. The normalized spacial score (nSPS) is 14.5. The summed E-state index contributed by atoms with van der Waals surface area (Å²) in [7, 11) is -1.12. The van der Waals surface area contributed by atoms with E-state index in [-0.39, 0.29) is 25.2 Å². The maximum Gasteiger partial charge on any atom is 0.573 e. The van der Waals surface area contributed by atoms with Crippen molar-refractivity contribution in [2.45, 2.75) is 26.3 Å². The van der Waals surface area contributed by atoms with Gasteiger partial charge in [-0.1, -0.05) is 36.4 Å². The molecule has 3 aromatic rings. The van der Waals surface area contributed by atoms with Crippen LogP contribution in [0.2, 0.25) is 0 Å². The summed E-state index contributed by atoms with van der Waals surface area (Å²) in [5.74, 6) is -0.448. The van der Waals surface area contributed by atoms with Crippen molar-refractivity contribution in [2.24, 2.45) is 5.41 Å². The minimum Gasteiger partial charge on any atom is -0.491 e. The molecule has 6 nitrogen and oxygen atoms in total. The van der Waals surface area contributed by atoms with E-state index in [1.807, 2.05) is 30.3 Å². The van der Waals surface area contributed by atoms with Crippen molar-refractivity contribution in [1.82, 2.24) is 0 Å². The highest BCUT2D eigenvalue weighted by Crippen LogP contribution is 2.34. The van der Waals surface area contributed by atoms with Gasteiger partial charge in [0.05, 0.1) is 18.1 Å². The predicted molar refractivity (Wildman–Crippen MR) is 126 cm³/mol. The van der Waals surface area contributed by atoms with E-state index in [1.54, 1.807) is 19.1 Å². The molecule has 1 atom stereocenters. The van der Waals surface area contributed by atoms with E-state index in [0.717, 1.165) is 23.3 Å². The van der Waals surface area contributed by atoms with E-state index < -0.39 is 30.4 Å². The van der Waals surface area contributed by atoms with E-state index in [2.05, 4.69) is 10.8 Å². The highest BCUT2D eigenvalue weighted by molar-refractivity contribution is 6.63. The maximum atomic E-state index is 12.8. The van der Waals surface area contributed by atoms with Crippen molar-refractivity contribution in [3.05, 3.63) is 77.9 Å². The van der Waals surface area contributed by atoms with Crippen LogP contribution < -0.4 is 14.9 Å². The Hall–Kier alpha value is -3.81. The molecule has 0 aromatic heterocycles. The zero-order valence-corrected chi connectivity index (χ0v) is 19.2. The van der Waals surface area contributed by atoms with Crippen molar-refractivity contribution < 1.29 is 37.1 Å². The van der Waals surface area contributed by atoms with Gasteiger partial charge >= 0.3 is 13.5 Å². The van der Waals surface area contributed by atoms with Crippen molar-refractivity contribution in [2.75, 3.05) is 6.61 Å². The van der Waals surface area contributed by atoms with Crippen molar-refractivity contribution >= 4 is 18.4 Å². The number of benzene rings is 3. The Morgan fingerprint density at radius 1 is 1.11 bits per heavy atom. The number of nitriles is 1. The van der Waals surface area contributed by atoms with Crippen molar-refractivity contribution in [3.63, 3.8) is 0 Å². The second-order valence-electron chi connectivity index (χ2n) is 8.67. The number of halogens is 3. The Balaban J connectivity index is 1.53. The summed E-state index contributed by atoms with van der Waals surface area (Å²) in [5, 5.41) is 20.2. The van der Waals surface area contributed by atoms with Gasteiger partial charge in [-0.15, -0.1) is 13.2 Å². The lowest BCUT2D eigenvalue weighted by molar-refractivity contribution is -0.274. The smallest absolute Gasteiger partial charge is 0.491 e. The Morgan fingerprint density at radius 3 is 2.44 bits per heavy atom. The molecule has 36 heavy (non-hydrogen) atoms. The number of fused-ring (bicyclic) bond motifs is 1. The van der Waals surface area contributed by atoms with Gasteiger partial charge in [0.1, 0.15) is 18.1 Å². The van der Waals surface area contributed by atoms with Crippen LogP contribution in [0.4, 0.5) is 13.2 Å². The van der Waals surface area contributed by atoms with Crippen LogP contribution in [0.5, 0.6) is 11.5 Å². The Morgan fingerprint density at radius 2 is 1.81 bits per heavy atom. The fourth-order valence-electron chi connectivity index (χ4n) is 3.98. The number of Topliss-reactive ketones (excluding diaryl/α,β-unsaturated/α-hetero) is 1. The summed E-state index contributed by atoms with van der Waals surface area (Å²) in [5.41, 5.74) is 1.77. The van der Waals surface area contributed by atoms with Gasteiger partial charge in [0, 0.05) is 17.5 Å². The van der Waals surface area contributed by atoms with Gasteiger partial charge in [-0.25, -0.2) is 0 Å². The average molecular weight is 495 g/mol. The van der Waals surface area contributed by atoms with Crippen LogP contribution in [-0.2, 0) is 11.3 Å². The molecule has 1 aliphatic heterocycles. The van der Waals surface area contributed by atoms with E-state index in [0.29, 0.717) is 16.8 Å². The lowest BCUT2D eigenvalue weighted by Gasteiger charge is -2.23. The number of hydrogen-bond acceptors (Lipinski definition) is 6. The fourth-order valence-corrected chi connectivity index (χ4v) is 3.98. The molecule has 0 bridgehead atoms. The molecule has 0 fully saturated rings. The van der Waals surface area contributed by atoms with Crippen molar-refractivity contribution in [3.8, 4) is 28.7 Å². The highest BCUT2D eigenvalue weighted by atomic mass is 19.4. The first-order chi connectivity index (χ1) is 17.1. The lowest BCUT2D eigenvalue weighted by Crippen LogP contribution is -2.31. The number of alkyl halides is 3. The van der Waals surface area contributed by atoms with Gasteiger partial charge in [0.2, 0.25) is 0 Å². The molecule has 3 aromatic carbocycles. The van der Waals surface area contributed by atoms with E-state index in [4.69, 9.17) is 9.39 Å². The Bertz CT molecular complexity index is 1290. The molecule has 184 valence electrons. The average Bonchev–Trinajstić information content (AvgIpc) is 3.23. The SMILES string of the molecule is C[C@](C#N)(COc1ccc2c(c1-c1ccccc1)B(O)OC2)CC(=O)c1ccc(OC(F)(F)F)cc1. The number of rotatable bonds is 8. The highest BCUT2D eigenvalue weighted by Gasteiger charge is 2.35. The molecule has 4 rings (SSSR count). The van der Waals surface area contributed by atoms with Gasteiger partial charge in [-0.3, -0.25) is 4.79 Å². The first-order valence-corrected chi connectivity index (χ1v) is 11.0. The molecule has 0 spiro atoms. The summed E-state index contributed by atoms with van der Waals surface area (Å²) in [4.78, 5) is 12.8. The number of ether oxygens (including phenoxy) is 2. The molecule has 1 heterocycles. The number of nitrogens with zero attached hydrogens (tertiary/aromatic N) is 1. The topological polar surface area (TPSA) is 88.8 Å². The fraction of sp³-hybridized carbons (Fsp3) is 0.231. The monoisotopic (exact) mass is 495 g/mol. The van der Waals surface area contributed by atoms with Crippen LogP contribution in [-0.4, -0.2) is 30.9 Å². The van der Waals surface area contributed by atoms with Crippen LogP contribution in [0.15, 0.2) is 66.7 Å². The number of carbonyl (C=O) groups excluding carboxylic acids is 1. The third kappa shape index (κ3) is 5.70.